The molecule has 1 aliphatic rings. The van der Waals surface area contributed by atoms with Crippen LogP contribution in [0.1, 0.15) is 126 Å². The first-order chi connectivity index (χ1) is 17.1. The van der Waals surface area contributed by atoms with Crippen LogP contribution in [0.15, 0.2) is 40.6 Å². The van der Waals surface area contributed by atoms with Crippen LogP contribution in [0.2, 0.25) is 0 Å². The SMILES string of the molecule is CCCCCCCCCCCCCCCCOC(=O)c1ccc(N=CC2=C(O)CCCC2=O)cc1. The lowest BCUT2D eigenvalue weighted by atomic mass is 9.97. The number of carbonyl (C=O) groups excluding carboxylic acids is 2. The van der Waals surface area contributed by atoms with Crippen molar-refractivity contribution >= 4 is 23.7 Å². The topological polar surface area (TPSA) is 76.0 Å². The molecule has 0 aromatic heterocycles. The summed E-state index contributed by atoms with van der Waals surface area (Å²) in [5, 5.41) is 9.87. The summed E-state index contributed by atoms with van der Waals surface area (Å²) in [6.07, 6.45) is 21.3. The molecule has 35 heavy (non-hydrogen) atoms. The van der Waals surface area contributed by atoms with Gasteiger partial charge in [-0.15, -0.1) is 0 Å². The van der Waals surface area contributed by atoms with Gasteiger partial charge in [-0.05, 0) is 37.1 Å². The van der Waals surface area contributed by atoms with E-state index in [1.807, 2.05) is 0 Å². The van der Waals surface area contributed by atoms with Gasteiger partial charge in [-0.2, -0.15) is 0 Å². The van der Waals surface area contributed by atoms with E-state index in [9.17, 15) is 14.7 Å². The summed E-state index contributed by atoms with van der Waals surface area (Å²) in [6, 6.07) is 6.78. The van der Waals surface area contributed by atoms with Crippen LogP contribution >= 0.6 is 0 Å². The molecular formula is C30H45NO4. The number of ketones is 1. The molecule has 5 heteroatoms. The number of unbranched alkanes of at least 4 members (excludes halogenated alkanes) is 13. The van der Waals surface area contributed by atoms with Gasteiger partial charge < -0.3 is 9.84 Å². The number of nitrogens with zero attached hydrogens (tertiary/aromatic N) is 1. The maximum absolute atomic E-state index is 12.2. The average molecular weight is 484 g/mol. The molecule has 194 valence electrons. The lowest BCUT2D eigenvalue weighted by Gasteiger charge is -2.11. The molecule has 0 heterocycles. The van der Waals surface area contributed by atoms with Crippen molar-refractivity contribution in [3.05, 3.63) is 41.2 Å². The zero-order valence-electron chi connectivity index (χ0n) is 21.7. The van der Waals surface area contributed by atoms with Crippen LogP contribution in [0.4, 0.5) is 5.69 Å². The predicted octanol–water partition coefficient (Wildman–Crippen LogP) is 8.59. The highest BCUT2D eigenvalue weighted by Crippen LogP contribution is 2.20. The van der Waals surface area contributed by atoms with Crippen LogP contribution in [-0.4, -0.2) is 29.7 Å². The molecule has 0 fully saturated rings. The second-order valence-corrected chi connectivity index (χ2v) is 9.67. The van der Waals surface area contributed by atoms with Crippen molar-refractivity contribution in [2.24, 2.45) is 4.99 Å². The third-order valence-corrected chi connectivity index (χ3v) is 6.61. The Morgan fingerprint density at radius 3 is 1.94 bits per heavy atom. The number of esters is 1. The Labute approximate surface area is 212 Å². The van der Waals surface area contributed by atoms with Gasteiger partial charge in [0.1, 0.15) is 5.76 Å². The minimum atomic E-state index is -0.321. The van der Waals surface area contributed by atoms with Gasteiger partial charge in [-0.1, -0.05) is 90.4 Å². The molecule has 1 aliphatic carbocycles. The molecule has 0 aliphatic heterocycles. The molecule has 0 radical (unpaired) electrons. The fourth-order valence-electron chi connectivity index (χ4n) is 4.36. The van der Waals surface area contributed by atoms with Gasteiger partial charge >= 0.3 is 5.97 Å². The normalized spacial score (nSPS) is 14.1. The molecule has 0 spiro atoms. The zero-order chi connectivity index (χ0) is 25.1. The Kier molecular flexibility index (Phi) is 14.8. The molecule has 0 unspecified atom stereocenters. The van der Waals surface area contributed by atoms with E-state index < -0.39 is 0 Å². The van der Waals surface area contributed by atoms with Gasteiger partial charge in [0.05, 0.1) is 23.4 Å². The molecule has 1 aromatic carbocycles. The predicted molar refractivity (Wildman–Crippen MR) is 144 cm³/mol. The standard InChI is InChI=1S/C30H45NO4/c1-2-3-4-5-6-7-8-9-10-11-12-13-14-15-23-35-30(34)25-19-21-26(22-20-25)31-24-27-28(32)17-16-18-29(27)33/h19-22,24,32H,2-18,23H2,1H3. The first-order valence-electron chi connectivity index (χ1n) is 13.9. The second-order valence-electron chi connectivity index (χ2n) is 9.67. The third kappa shape index (κ3) is 12.2. The fraction of sp³-hybridized carbons (Fsp3) is 0.633. The highest BCUT2D eigenvalue weighted by molar-refractivity contribution is 6.14. The zero-order valence-corrected chi connectivity index (χ0v) is 21.7. The van der Waals surface area contributed by atoms with Crippen LogP contribution in [0.5, 0.6) is 0 Å². The maximum atomic E-state index is 12.2. The monoisotopic (exact) mass is 483 g/mol. The number of ether oxygens (including phenoxy) is 1. The van der Waals surface area contributed by atoms with Crippen LogP contribution in [0.3, 0.4) is 0 Å². The van der Waals surface area contributed by atoms with Gasteiger partial charge in [0.15, 0.2) is 5.78 Å². The van der Waals surface area contributed by atoms with Crippen molar-refractivity contribution in [2.45, 2.75) is 116 Å². The molecular weight excluding hydrogens is 438 g/mol. The highest BCUT2D eigenvalue weighted by Gasteiger charge is 2.18. The maximum Gasteiger partial charge on any atom is 0.338 e. The van der Waals surface area contributed by atoms with Crippen LogP contribution in [0.25, 0.3) is 0 Å². The molecule has 5 nitrogen and oxygen atoms in total. The molecule has 0 saturated heterocycles. The molecule has 1 N–H and O–H groups in total. The summed E-state index contributed by atoms with van der Waals surface area (Å²) in [5.41, 5.74) is 1.39. The van der Waals surface area contributed by atoms with E-state index in [2.05, 4.69) is 11.9 Å². The van der Waals surface area contributed by atoms with Crippen molar-refractivity contribution in [2.75, 3.05) is 6.61 Å². The summed E-state index contributed by atoms with van der Waals surface area (Å²) in [7, 11) is 0. The molecule has 0 bridgehead atoms. The number of Topliss-reactive ketones (excluding diaryl/α,β-unsaturated/α-hetero) is 1. The molecule has 0 atom stereocenters. The Morgan fingerprint density at radius 1 is 0.857 bits per heavy atom. The van der Waals surface area contributed by atoms with E-state index in [4.69, 9.17) is 4.74 Å². The summed E-state index contributed by atoms with van der Waals surface area (Å²) < 4.78 is 5.40. The van der Waals surface area contributed by atoms with E-state index in [0.29, 0.717) is 37.1 Å². The number of aliphatic hydroxyl groups is 1. The molecule has 0 amide bonds. The van der Waals surface area contributed by atoms with Gasteiger partial charge in [0, 0.05) is 19.1 Å². The average Bonchev–Trinajstić information content (AvgIpc) is 2.86. The lowest BCUT2D eigenvalue weighted by Crippen LogP contribution is -2.12. The number of carbonyl (C=O) groups is 2. The van der Waals surface area contributed by atoms with Crippen molar-refractivity contribution in [1.82, 2.24) is 0 Å². The van der Waals surface area contributed by atoms with E-state index in [1.54, 1.807) is 24.3 Å². The third-order valence-electron chi connectivity index (χ3n) is 6.61. The van der Waals surface area contributed by atoms with Crippen LogP contribution < -0.4 is 0 Å². The van der Waals surface area contributed by atoms with Crippen molar-refractivity contribution in [3.8, 4) is 0 Å². The minimum absolute atomic E-state index is 0.0822. The first kappa shape index (κ1) is 28.8. The van der Waals surface area contributed by atoms with Crippen LogP contribution in [-0.2, 0) is 9.53 Å². The number of hydrogen-bond donors (Lipinski definition) is 1. The van der Waals surface area contributed by atoms with Gasteiger partial charge in [0.25, 0.3) is 0 Å². The Balaban J connectivity index is 1.50. The Bertz CT molecular complexity index is 810. The smallest absolute Gasteiger partial charge is 0.338 e. The molecule has 2 rings (SSSR count). The van der Waals surface area contributed by atoms with Crippen molar-refractivity contribution in [3.63, 3.8) is 0 Å². The van der Waals surface area contributed by atoms with Gasteiger partial charge in [-0.25, -0.2) is 4.79 Å². The van der Waals surface area contributed by atoms with Gasteiger partial charge in [0.2, 0.25) is 0 Å². The quantitative estimate of drug-likeness (QED) is 0.129. The number of benzene rings is 1. The Hall–Kier alpha value is -2.43. The molecule has 0 saturated carbocycles. The minimum Gasteiger partial charge on any atom is -0.512 e. The summed E-state index contributed by atoms with van der Waals surface area (Å²) in [6.45, 7) is 2.72. The number of aliphatic hydroxyl groups excluding tert-OH is 1. The molecule has 1 aromatic rings. The van der Waals surface area contributed by atoms with Gasteiger partial charge in [-0.3, -0.25) is 9.79 Å². The first-order valence-corrected chi connectivity index (χ1v) is 13.9. The number of allylic oxidation sites excluding steroid dienone is 2. The van der Waals surface area contributed by atoms with Crippen molar-refractivity contribution in [1.29, 1.82) is 0 Å². The van der Waals surface area contributed by atoms with E-state index in [-0.39, 0.29) is 23.1 Å². The number of aliphatic imine (C=N–C) groups is 1. The lowest BCUT2D eigenvalue weighted by molar-refractivity contribution is -0.115. The van der Waals surface area contributed by atoms with E-state index in [1.165, 1.54) is 83.3 Å². The van der Waals surface area contributed by atoms with Crippen molar-refractivity contribution < 1.29 is 19.4 Å². The largest absolute Gasteiger partial charge is 0.512 e. The summed E-state index contributed by atoms with van der Waals surface area (Å²) in [4.78, 5) is 28.4. The second kappa shape index (κ2) is 17.9. The Morgan fingerprint density at radius 2 is 1.40 bits per heavy atom. The number of rotatable bonds is 18. The number of hydrogen-bond acceptors (Lipinski definition) is 5. The summed E-state index contributed by atoms with van der Waals surface area (Å²) >= 11 is 0. The van der Waals surface area contributed by atoms with E-state index >= 15 is 0 Å². The highest BCUT2D eigenvalue weighted by atomic mass is 16.5. The van der Waals surface area contributed by atoms with Crippen LogP contribution in [0, 0.1) is 0 Å². The fourth-order valence-corrected chi connectivity index (χ4v) is 4.36. The van der Waals surface area contributed by atoms with E-state index in [0.717, 1.165) is 12.8 Å². The summed E-state index contributed by atoms with van der Waals surface area (Å²) in [5.74, 6) is -0.298.